The minimum Gasteiger partial charge on any atom is -0.463 e. The van der Waals surface area contributed by atoms with Gasteiger partial charge in [-0.05, 0) is 110 Å². The van der Waals surface area contributed by atoms with Crippen LogP contribution in [0.1, 0.15) is 119 Å². The van der Waals surface area contributed by atoms with Crippen molar-refractivity contribution in [2.24, 2.45) is 52.3 Å². The van der Waals surface area contributed by atoms with Crippen LogP contribution in [0.5, 0.6) is 0 Å². The largest absolute Gasteiger partial charge is 0.463 e. The van der Waals surface area contributed by atoms with Crippen LogP contribution >= 0.6 is 0 Å². The maximum atomic E-state index is 11.5. The molecule has 4 saturated carbocycles. The molecule has 31 heavy (non-hydrogen) atoms. The molecule has 2 nitrogen and oxygen atoms in total. The van der Waals surface area contributed by atoms with Crippen molar-refractivity contribution in [1.29, 1.82) is 0 Å². The summed E-state index contributed by atoms with van der Waals surface area (Å²) in [5, 5.41) is 0. The summed E-state index contributed by atoms with van der Waals surface area (Å²) in [5.41, 5.74) is 1.08. The first-order chi connectivity index (χ1) is 14.6. The predicted octanol–water partition coefficient (Wildman–Crippen LogP) is 8.04. The lowest BCUT2D eigenvalue weighted by Crippen LogP contribution is -2.54. The van der Waals surface area contributed by atoms with Gasteiger partial charge in [-0.3, -0.25) is 4.79 Å². The van der Waals surface area contributed by atoms with Crippen molar-refractivity contribution in [1.82, 2.24) is 0 Å². The molecule has 0 amide bonds. The van der Waals surface area contributed by atoms with E-state index in [4.69, 9.17) is 4.74 Å². The Bertz CT molecular complexity index is 641. The summed E-state index contributed by atoms with van der Waals surface area (Å²) < 4.78 is 5.65. The van der Waals surface area contributed by atoms with Gasteiger partial charge in [0.25, 0.3) is 0 Å². The number of esters is 1. The number of fused-ring (bicyclic) bond motifs is 5. The van der Waals surface area contributed by atoms with E-state index < -0.39 is 0 Å². The smallest absolute Gasteiger partial charge is 0.302 e. The van der Waals surface area contributed by atoms with Crippen LogP contribution in [0, 0.1) is 52.3 Å². The average Bonchev–Trinajstić information content (AvgIpc) is 3.05. The van der Waals surface area contributed by atoms with Gasteiger partial charge in [0, 0.05) is 6.92 Å². The van der Waals surface area contributed by atoms with Crippen molar-refractivity contribution in [3.8, 4) is 0 Å². The van der Waals surface area contributed by atoms with Gasteiger partial charge in [-0.15, -0.1) is 0 Å². The van der Waals surface area contributed by atoms with Gasteiger partial charge < -0.3 is 4.74 Å². The van der Waals surface area contributed by atoms with Gasteiger partial charge in [0.05, 0.1) is 0 Å². The van der Waals surface area contributed by atoms with Gasteiger partial charge in [0.1, 0.15) is 6.10 Å². The zero-order chi connectivity index (χ0) is 22.4. The first-order valence-corrected chi connectivity index (χ1v) is 13.8. The molecule has 0 spiro atoms. The van der Waals surface area contributed by atoms with E-state index in [0.717, 1.165) is 54.3 Å². The molecule has 178 valence electrons. The summed E-state index contributed by atoms with van der Waals surface area (Å²) in [6, 6.07) is 0. The average molecular weight is 431 g/mol. The lowest BCUT2D eigenvalue weighted by Gasteiger charge is -2.61. The molecular weight excluding hydrogens is 380 g/mol. The van der Waals surface area contributed by atoms with E-state index in [1.54, 1.807) is 6.92 Å². The molecular formula is C29H50O2. The first kappa shape index (κ1) is 23.6. The zero-order valence-electron chi connectivity index (χ0n) is 21.4. The summed E-state index contributed by atoms with van der Waals surface area (Å²) in [5.74, 6) is 6.22. The summed E-state index contributed by atoms with van der Waals surface area (Å²) in [7, 11) is 0. The fourth-order valence-electron chi connectivity index (χ4n) is 9.59. The molecule has 4 fully saturated rings. The number of ether oxygens (including phenoxy) is 1. The Labute approximate surface area is 192 Å². The highest BCUT2D eigenvalue weighted by molar-refractivity contribution is 5.66. The topological polar surface area (TPSA) is 26.3 Å². The quantitative estimate of drug-likeness (QED) is 0.398. The number of hydrogen-bond acceptors (Lipinski definition) is 2. The van der Waals surface area contributed by atoms with Gasteiger partial charge in [0.2, 0.25) is 0 Å². The van der Waals surface area contributed by atoms with Crippen molar-refractivity contribution in [2.45, 2.75) is 125 Å². The fourth-order valence-corrected chi connectivity index (χ4v) is 9.59. The van der Waals surface area contributed by atoms with Gasteiger partial charge in [0.15, 0.2) is 0 Å². The molecule has 4 rings (SSSR count). The Kier molecular flexibility index (Phi) is 6.87. The van der Waals surface area contributed by atoms with E-state index in [2.05, 4.69) is 34.6 Å². The van der Waals surface area contributed by atoms with E-state index in [1.165, 1.54) is 64.2 Å². The van der Waals surface area contributed by atoms with Crippen LogP contribution in [0.2, 0.25) is 0 Å². The minimum absolute atomic E-state index is 0.0877. The molecule has 0 aromatic heterocycles. The van der Waals surface area contributed by atoms with Crippen LogP contribution in [0.4, 0.5) is 0 Å². The lowest BCUT2D eigenvalue weighted by molar-refractivity contribution is -0.160. The lowest BCUT2D eigenvalue weighted by atomic mass is 9.44. The van der Waals surface area contributed by atoms with Crippen molar-refractivity contribution in [2.75, 3.05) is 0 Å². The molecule has 0 heterocycles. The van der Waals surface area contributed by atoms with E-state index in [1.807, 2.05) is 0 Å². The number of rotatable bonds is 6. The van der Waals surface area contributed by atoms with Crippen LogP contribution in [-0.2, 0) is 9.53 Å². The normalized spacial score (nSPS) is 45.5. The minimum atomic E-state index is -0.0877. The molecule has 0 bridgehead atoms. The summed E-state index contributed by atoms with van der Waals surface area (Å²) in [4.78, 5) is 11.5. The molecule has 0 radical (unpaired) electrons. The van der Waals surface area contributed by atoms with Crippen LogP contribution in [0.25, 0.3) is 0 Å². The van der Waals surface area contributed by atoms with E-state index in [9.17, 15) is 4.79 Å². The molecule has 0 aromatic rings. The predicted molar refractivity (Wildman–Crippen MR) is 129 cm³/mol. The maximum absolute atomic E-state index is 11.5. The highest BCUT2D eigenvalue weighted by atomic mass is 16.5. The number of hydrogen-bond donors (Lipinski definition) is 0. The zero-order valence-corrected chi connectivity index (χ0v) is 21.4. The monoisotopic (exact) mass is 430 g/mol. The van der Waals surface area contributed by atoms with Crippen LogP contribution < -0.4 is 0 Å². The molecule has 0 saturated heterocycles. The molecule has 0 aromatic carbocycles. The van der Waals surface area contributed by atoms with Crippen LogP contribution in [0.3, 0.4) is 0 Å². The van der Waals surface area contributed by atoms with E-state index in [-0.39, 0.29) is 12.1 Å². The van der Waals surface area contributed by atoms with Gasteiger partial charge in [-0.1, -0.05) is 53.9 Å². The standard InChI is InChI=1S/C29H50O2/c1-19(2)8-7-9-20(3)25-12-13-26-24-11-10-22-18-23(31-21(4)30)14-16-28(22,5)27(24)15-17-29(25,26)6/h19-20,22-27H,7-18H2,1-6H3/t20-,22+,23-,24+,25-,26-,27-,28+,29+/m1/s1. The van der Waals surface area contributed by atoms with Crippen molar-refractivity contribution < 1.29 is 9.53 Å². The van der Waals surface area contributed by atoms with E-state index >= 15 is 0 Å². The van der Waals surface area contributed by atoms with Gasteiger partial charge in [-0.2, -0.15) is 0 Å². The van der Waals surface area contributed by atoms with Crippen molar-refractivity contribution >= 4 is 5.97 Å². The number of carbonyl (C=O) groups is 1. The second-order valence-electron chi connectivity index (χ2n) is 13.2. The maximum Gasteiger partial charge on any atom is 0.302 e. The second-order valence-corrected chi connectivity index (χ2v) is 13.2. The highest BCUT2D eigenvalue weighted by Gasteiger charge is 2.60. The third-order valence-electron chi connectivity index (χ3n) is 11.2. The Morgan fingerprint density at radius 3 is 2.32 bits per heavy atom. The SMILES string of the molecule is CC(=O)O[C@@H]1CC[C@@]2(C)[C@@H](CC[C@H]3[C@H]4CC[C@H]([C@H](C)CCCC(C)C)[C@]4(C)CC[C@H]32)C1. The summed E-state index contributed by atoms with van der Waals surface area (Å²) >= 11 is 0. The first-order valence-electron chi connectivity index (χ1n) is 13.8. The van der Waals surface area contributed by atoms with Gasteiger partial charge >= 0.3 is 5.97 Å². The summed E-state index contributed by atoms with van der Waals surface area (Å²) in [6.07, 6.45) is 16.6. The Morgan fingerprint density at radius 1 is 0.903 bits per heavy atom. The molecule has 9 atom stereocenters. The Morgan fingerprint density at radius 2 is 1.61 bits per heavy atom. The molecule has 0 aliphatic heterocycles. The molecule has 4 aliphatic carbocycles. The van der Waals surface area contributed by atoms with Gasteiger partial charge in [-0.25, -0.2) is 0 Å². The molecule has 0 unspecified atom stereocenters. The molecule has 4 aliphatic rings. The van der Waals surface area contributed by atoms with E-state index in [0.29, 0.717) is 10.8 Å². The highest BCUT2D eigenvalue weighted by Crippen LogP contribution is 2.68. The molecule has 0 N–H and O–H groups in total. The third kappa shape index (κ3) is 4.35. The van der Waals surface area contributed by atoms with Crippen LogP contribution in [-0.4, -0.2) is 12.1 Å². The number of carbonyl (C=O) groups excluding carboxylic acids is 1. The Balaban J connectivity index is 1.43. The summed E-state index contributed by atoms with van der Waals surface area (Å²) in [6.45, 7) is 14.2. The fraction of sp³-hybridized carbons (Fsp3) is 0.966. The Hall–Kier alpha value is -0.530. The van der Waals surface area contributed by atoms with Crippen LogP contribution in [0.15, 0.2) is 0 Å². The molecule has 2 heteroatoms. The van der Waals surface area contributed by atoms with Crippen molar-refractivity contribution in [3.63, 3.8) is 0 Å². The second kappa shape index (κ2) is 9.02. The van der Waals surface area contributed by atoms with Crippen molar-refractivity contribution in [3.05, 3.63) is 0 Å². The third-order valence-corrected chi connectivity index (χ3v) is 11.2.